The quantitative estimate of drug-likeness (QED) is 0.748. The van der Waals surface area contributed by atoms with Gasteiger partial charge in [-0.25, -0.2) is 0 Å². The van der Waals surface area contributed by atoms with Crippen LogP contribution in [0.25, 0.3) is 0 Å². The second kappa shape index (κ2) is 3.66. The minimum atomic E-state index is -0.412. The van der Waals surface area contributed by atoms with Gasteiger partial charge < -0.3 is 10.4 Å². The lowest BCUT2D eigenvalue weighted by Gasteiger charge is -2.25. The van der Waals surface area contributed by atoms with Gasteiger partial charge in [-0.1, -0.05) is 29.8 Å². The first-order chi connectivity index (χ1) is 7.16. The van der Waals surface area contributed by atoms with Gasteiger partial charge in [0.05, 0.1) is 6.61 Å². The maximum Gasteiger partial charge on any atom is 0.221 e. The lowest BCUT2D eigenvalue weighted by Crippen LogP contribution is -2.32. The third kappa shape index (κ3) is 1.75. The fraction of sp³-hybridized carbons (Fsp3) is 0.417. The molecule has 1 fully saturated rings. The van der Waals surface area contributed by atoms with Crippen molar-refractivity contribution in [3.8, 4) is 0 Å². The smallest absolute Gasteiger partial charge is 0.221 e. The second-order valence-electron chi connectivity index (χ2n) is 4.26. The molecule has 2 N–H and O–H groups in total. The van der Waals surface area contributed by atoms with Gasteiger partial charge in [-0.2, -0.15) is 0 Å². The predicted octanol–water partition coefficient (Wildman–Crippen LogP) is 0.745. The van der Waals surface area contributed by atoms with Gasteiger partial charge in [0.2, 0.25) is 5.91 Å². The molecule has 0 saturated carbocycles. The largest absolute Gasteiger partial charge is 0.395 e. The Morgan fingerprint density at radius 1 is 1.40 bits per heavy atom. The standard InChI is InChI=1S/C12H15NO2/c1-9-2-4-10(5-3-9)12(8-14)6-11(15)13-7-12/h2-5,14H,6-8H2,1H3,(H,13,15). The highest BCUT2D eigenvalue weighted by Crippen LogP contribution is 2.30. The first-order valence-corrected chi connectivity index (χ1v) is 5.11. The minimum Gasteiger partial charge on any atom is -0.395 e. The number of aliphatic hydroxyl groups excluding tert-OH is 1. The second-order valence-corrected chi connectivity index (χ2v) is 4.26. The molecule has 1 aliphatic heterocycles. The number of carbonyl (C=O) groups is 1. The zero-order valence-electron chi connectivity index (χ0n) is 8.79. The van der Waals surface area contributed by atoms with E-state index in [2.05, 4.69) is 5.32 Å². The highest BCUT2D eigenvalue weighted by atomic mass is 16.3. The summed E-state index contributed by atoms with van der Waals surface area (Å²) in [6.45, 7) is 2.56. The van der Waals surface area contributed by atoms with Crippen LogP contribution in [0.5, 0.6) is 0 Å². The van der Waals surface area contributed by atoms with Crippen LogP contribution in [0.3, 0.4) is 0 Å². The molecule has 1 amide bonds. The SMILES string of the molecule is Cc1ccc(C2(CO)CNC(=O)C2)cc1. The van der Waals surface area contributed by atoms with Gasteiger partial charge in [0.25, 0.3) is 0 Å². The molecule has 1 heterocycles. The van der Waals surface area contributed by atoms with E-state index in [9.17, 15) is 9.90 Å². The number of hydrogen-bond donors (Lipinski definition) is 2. The number of amides is 1. The summed E-state index contributed by atoms with van der Waals surface area (Å²) in [7, 11) is 0. The highest BCUT2D eigenvalue weighted by molar-refractivity contribution is 5.80. The minimum absolute atomic E-state index is 0.00873. The zero-order chi connectivity index (χ0) is 10.9. The summed E-state index contributed by atoms with van der Waals surface area (Å²) in [5, 5.41) is 12.2. The molecule has 1 aliphatic rings. The molecular formula is C12H15NO2. The Bertz CT molecular complexity index is 372. The average Bonchev–Trinajstić information content (AvgIpc) is 2.62. The molecule has 0 radical (unpaired) electrons. The van der Waals surface area contributed by atoms with E-state index < -0.39 is 5.41 Å². The van der Waals surface area contributed by atoms with Crippen molar-refractivity contribution < 1.29 is 9.90 Å². The summed E-state index contributed by atoms with van der Waals surface area (Å²) in [6.07, 6.45) is 0.382. The Kier molecular flexibility index (Phi) is 2.49. The van der Waals surface area contributed by atoms with Gasteiger partial charge in [0, 0.05) is 18.4 Å². The molecule has 15 heavy (non-hydrogen) atoms. The number of aliphatic hydroxyl groups is 1. The summed E-state index contributed by atoms with van der Waals surface area (Å²) in [5.41, 5.74) is 1.81. The van der Waals surface area contributed by atoms with Crippen LogP contribution in [-0.2, 0) is 10.2 Å². The normalized spacial score (nSPS) is 25.3. The zero-order valence-corrected chi connectivity index (χ0v) is 8.79. The van der Waals surface area contributed by atoms with Crippen molar-refractivity contribution in [3.63, 3.8) is 0 Å². The summed E-state index contributed by atoms with van der Waals surface area (Å²) in [5.74, 6) is 0.0182. The molecule has 80 valence electrons. The summed E-state index contributed by atoms with van der Waals surface area (Å²) >= 11 is 0. The van der Waals surface area contributed by atoms with Gasteiger partial charge in [0.1, 0.15) is 0 Å². The van der Waals surface area contributed by atoms with E-state index in [1.54, 1.807) is 0 Å². The summed E-state index contributed by atoms with van der Waals surface area (Å²) in [6, 6.07) is 8.00. The molecule has 3 heteroatoms. The van der Waals surface area contributed by atoms with Gasteiger partial charge in [-0.3, -0.25) is 4.79 Å². The third-order valence-electron chi connectivity index (χ3n) is 3.09. The van der Waals surface area contributed by atoms with Crippen molar-refractivity contribution in [1.29, 1.82) is 0 Å². The van der Waals surface area contributed by atoms with Crippen molar-refractivity contribution in [1.82, 2.24) is 5.32 Å². The molecule has 0 aromatic heterocycles. The van der Waals surface area contributed by atoms with Crippen LogP contribution in [0.4, 0.5) is 0 Å². The number of aryl methyl sites for hydroxylation is 1. The molecule has 0 aliphatic carbocycles. The number of nitrogens with one attached hydrogen (secondary N) is 1. The van der Waals surface area contributed by atoms with Crippen molar-refractivity contribution in [3.05, 3.63) is 35.4 Å². The monoisotopic (exact) mass is 205 g/mol. The van der Waals surface area contributed by atoms with Gasteiger partial charge in [0.15, 0.2) is 0 Å². The van der Waals surface area contributed by atoms with E-state index in [1.807, 2.05) is 31.2 Å². The first-order valence-electron chi connectivity index (χ1n) is 5.11. The van der Waals surface area contributed by atoms with Crippen LogP contribution >= 0.6 is 0 Å². The topological polar surface area (TPSA) is 49.3 Å². The van der Waals surface area contributed by atoms with Gasteiger partial charge >= 0.3 is 0 Å². The average molecular weight is 205 g/mol. The van der Waals surface area contributed by atoms with E-state index in [-0.39, 0.29) is 12.5 Å². The van der Waals surface area contributed by atoms with Gasteiger partial charge in [-0.05, 0) is 12.5 Å². The van der Waals surface area contributed by atoms with E-state index in [4.69, 9.17) is 0 Å². The molecule has 0 bridgehead atoms. The van der Waals surface area contributed by atoms with Crippen molar-refractivity contribution >= 4 is 5.91 Å². The molecule has 2 rings (SSSR count). The highest BCUT2D eigenvalue weighted by Gasteiger charge is 2.39. The summed E-state index contributed by atoms with van der Waals surface area (Å²) < 4.78 is 0. The maximum absolute atomic E-state index is 11.2. The molecule has 0 spiro atoms. The van der Waals surface area contributed by atoms with Crippen LogP contribution < -0.4 is 5.32 Å². The van der Waals surface area contributed by atoms with Crippen LogP contribution in [-0.4, -0.2) is 24.2 Å². The molecular weight excluding hydrogens is 190 g/mol. The van der Waals surface area contributed by atoms with Crippen molar-refractivity contribution in [2.75, 3.05) is 13.2 Å². The third-order valence-corrected chi connectivity index (χ3v) is 3.09. The van der Waals surface area contributed by atoms with Crippen LogP contribution in [0.1, 0.15) is 17.5 Å². The van der Waals surface area contributed by atoms with E-state index in [0.717, 1.165) is 5.56 Å². The van der Waals surface area contributed by atoms with Crippen LogP contribution in [0.15, 0.2) is 24.3 Å². The molecule has 1 atom stereocenters. The Labute approximate surface area is 89.1 Å². The van der Waals surface area contributed by atoms with E-state index in [0.29, 0.717) is 13.0 Å². The number of rotatable bonds is 2. The van der Waals surface area contributed by atoms with E-state index in [1.165, 1.54) is 5.56 Å². The fourth-order valence-electron chi connectivity index (χ4n) is 2.01. The Morgan fingerprint density at radius 3 is 2.53 bits per heavy atom. The molecule has 1 unspecified atom stereocenters. The molecule has 3 nitrogen and oxygen atoms in total. The van der Waals surface area contributed by atoms with E-state index >= 15 is 0 Å². The molecule has 1 aromatic rings. The number of carbonyl (C=O) groups excluding carboxylic acids is 1. The Hall–Kier alpha value is -1.35. The maximum atomic E-state index is 11.2. The number of benzene rings is 1. The van der Waals surface area contributed by atoms with Crippen molar-refractivity contribution in [2.24, 2.45) is 0 Å². The van der Waals surface area contributed by atoms with Crippen LogP contribution in [0.2, 0.25) is 0 Å². The molecule has 1 aromatic carbocycles. The Morgan fingerprint density at radius 2 is 2.07 bits per heavy atom. The van der Waals surface area contributed by atoms with Crippen LogP contribution in [0, 0.1) is 6.92 Å². The van der Waals surface area contributed by atoms with Gasteiger partial charge in [-0.15, -0.1) is 0 Å². The molecule has 1 saturated heterocycles. The fourth-order valence-corrected chi connectivity index (χ4v) is 2.01. The Balaban J connectivity index is 2.34. The summed E-state index contributed by atoms with van der Waals surface area (Å²) in [4.78, 5) is 11.2. The lowest BCUT2D eigenvalue weighted by atomic mass is 9.80. The first kappa shape index (κ1) is 10.2. The lowest BCUT2D eigenvalue weighted by molar-refractivity contribution is -0.119. The van der Waals surface area contributed by atoms with Crippen molar-refractivity contribution in [2.45, 2.75) is 18.8 Å². The number of hydrogen-bond acceptors (Lipinski definition) is 2. The predicted molar refractivity (Wildman–Crippen MR) is 57.6 cm³/mol.